The molecule has 0 fully saturated rings. The third-order valence-corrected chi connectivity index (χ3v) is 3.65. The number of halogens is 1. The molecule has 0 aliphatic heterocycles. The second-order valence-corrected chi connectivity index (χ2v) is 5.89. The standard InChI is InChI=1S/C12H9BrN2O2S/c13-11-5-4-10(18-11)7-14-15-9-3-1-2-8(6-9)12(16)17/h1-7,15H,(H,16,17)/b14-7-. The van der Waals surface area contributed by atoms with Gasteiger partial charge in [0.05, 0.1) is 21.3 Å². The van der Waals surface area contributed by atoms with Gasteiger partial charge in [0.2, 0.25) is 0 Å². The van der Waals surface area contributed by atoms with Crippen LogP contribution in [-0.4, -0.2) is 17.3 Å². The summed E-state index contributed by atoms with van der Waals surface area (Å²) in [6.07, 6.45) is 1.68. The van der Waals surface area contributed by atoms with Crippen LogP contribution in [0, 0.1) is 0 Å². The maximum absolute atomic E-state index is 10.8. The van der Waals surface area contributed by atoms with Crippen LogP contribution in [0.5, 0.6) is 0 Å². The van der Waals surface area contributed by atoms with Gasteiger partial charge in [-0.25, -0.2) is 4.79 Å². The summed E-state index contributed by atoms with van der Waals surface area (Å²) in [5, 5.41) is 12.9. The Hall–Kier alpha value is -1.66. The molecule has 1 aromatic carbocycles. The number of nitrogens with zero attached hydrogens (tertiary/aromatic N) is 1. The summed E-state index contributed by atoms with van der Waals surface area (Å²) >= 11 is 4.93. The molecule has 2 aromatic rings. The molecule has 0 aliphatic carbocycles. The van der Waals surface area contributed by atoms with E-state index in [0.717, 1.165) is 8.66 Å². The van der Waals surface area contributed by atoms with E-state index in [-0.39, 0.29) is 5.56 Å². The average Bonchev–Trinajstić information content (AvgIpc) is 2.75. The minimum absolute atomic E-state index is 0.231. The van der Waals surface area contributed by atoms with Gasteiger partial charge in [-0.2, -0.15) is 5.10 Å². The third-order valence-electron chi connectivity index (χ3n) is 2.09. The Kier molecular flexibility index (Phi) is 4.11. The summed E-state index contributed by atoms with van der Waals surface area (Å²) < 4.78 is 1.04. The van der Waals surface area contributed by atoms with Gasteiger partial charge in [0.15, 0.2) is 0 Å². The molecule has 0 amide bonds. The smallest absolute Gasteiger partial charge is 0.335 e. The first-order valence-electron chi connectivity index (χ1n) is 5.03. The first kappa shape index (κ1) is 12.8. The van der Waals surface area contributed by atoms with Gasteiger partial charge in [0.1, 0.15) is 0 Å². The normalized spacial score (nSPS) is 10.7. The predicted octanol–water partition coefficient (Wildman–Crippen LogP) is 3.65. The maximum atomic E-state index is 10.8. The Labute approximate surface area is 116 Å². The first-order chi connectivity index (χ1) is 8.65. The number of hydrogen-bond acceptors (Lipinski definition) is 4. The summed E-state index contributed by atoms with van der Waals surface area (Å²) in [6.45, 7) is 0. The number of rotatable bonds is 4. The summed E-state index contributed by atoms with van der Waals surface area (Å²) in [5.41, 5.74) is 3.67. The van der Waals surface area contributed by atoms with E-state index in [4.69, 9.17) is 5.11 Å². The van der Waals surface area contributed by atoms with E-state index < -0.39 is 5.97 Å². The summed E-state index contributed by atoms with van der Waals surface area (Å²) in [4.78, 5) is 11.8. The van der Waals surface area contributed by atoms with Crippen molar-refractivity contribution in [1.82, 2.24) is 0 Å². The van der Waals surface area contributed by atoms with E-state index in [0.29, 0.717) is 5.69 Å². The molecule has 2 rings (SSSR count). The molecule has 1 heterocycles. The lowest BCUT2D eigenvalue weighted by Crippen LogP contribution is -1.97. The molecule has 92 valence electrons. The summed E-state index contributed by atoms with van der Waals surface area (Å²) in [6, 6.07) is 10.4. The molecular formula is C12H9BrN2O2S. The van der Waals surface area contributed by atoms with Crippen molar-refractivity contribution in [1.29, 1.82) is 0 Å². The van der Waals surface area contributed by atoms with E-state index in [2.05, 4.69) is 26.5 Å². The molecule has 0 saturated heterocycles. The van der Waals surface area contributed by atoms with Gasteiger partial charge in [-0.15, -0.1) is 11.3 Å². The lowest BCUT2D eigenvalue weighted by Gasteiger charge is -2.00. The Bertz CT molecular complexity index is 595. The number of carboxylic acid groups (broad SMARTS) is 1. The molecule has 1 aromatic heterocycles. The number of carbonyl (C=O) groups is 1. The maximum Gasteiger partial charge on any atom is 0.335 e. The van der Waals surface area contributed by atoms with Gasteiger partial charge in [-0.05, 0) is 46.3 Å². The number of anilines is 1. The second-order valence-electron chi connectivity index (χ2n) is 3.40. The van der Waals surface area contributed by atoms with Crippen molar-refractivity contribution in [2.24, 2.45) is 5.10 Å². The Balaban J connectivity index is 2.04. The van der Waals surface area contributed by atoms with Crippen LogP contribution in [0.3, 0.4) is 0 Å². The van der Waals surface area contributed by atoms with Crippen molar-refractivity contribution in [2.45, 2.75) is 0 Å². The highest BCUT2D eigenvalue weighted by Gasteiger charge is 2.02. The minimum Gasteiger partial charge on any atom is -0.478 e. The number of aromatic carboxylic acids is 1. The summed E-state index contributed by atoms with van der Waals surface area (Å²) in [5.74, 6) is -0.954. The highest BCUT2D eigenvalue weighted by Crippen LogP contribution is 2.20. The van der Waals surface area contributed by atoms with Crippen LogP contribution in [0.15, 0.2) is 45.3 Å². The van der Waals surface area contributed by atoms with E-state index >= 15 is 0 Å². The number of benzene rings is 1. The van der Waals surface area contributed by atoms with Crippen molar-refractivity contribution in [3.05, 3.63) is 50.6 Å². The fraction of sp³-hybridized carbons (Fsp3) is 0. The van der Waals surface area contributed by atoms with Gasteiger partial charge < -0.3 is 5.11 Å². The van der Waals surface area contributed by atoms with E-state index in [1.807, 2.05) is 12.1 Å². The molecule has 0 aliphatic rings. The fourth-order valence-electron chi connectivity index (χ4n) is 1.29. The van der Waals surface area contributed by atoms with E-state index in [1.54, 1.807) is 29.7 Å². The zero-order chi connectivity index (χ0) is 13.0. The largest absolute Gasteiger partial charge is 0.478 e. The van der Waals surface area contributed by atoms with Gasteiger partial charge in [-0.3, -0.25) is 5.43 Å². The van der Waals surface area contributed by atoms with Crippen LogP contribution in [0.1, 0.15) is 15.2 Å². The topological polar surface area (TPSA) is 61.7 Å². The number of hydrazone groups is 1. The average molecular weight is 325 g/mol. The van der Waals surface area contributed by atoms with E-state index in [1.165, 1.54) is 12.1 Å². The molecule has 2 N–H and O–H groups in total. The predicted molar refractivity (Wildman–Crippen MR) is 76.6 cm³/mol. The third kappa shape index (κ3) is 3.41. The van der Waals surface area contributed by atoms with Crippen molar-refractivity contribution in [3.8, 4) is 0 Å². The van der Waals surface area contributed by atoms with Crippen LogP contribution in [0.25, 0.3) is 0 Å². The quantitative estimate of drug-likeness (QED) is 0.666. The zero-order valence-corrected chi connectivity index (χ0v) is 11.5. The van der Waals surface area contributed by atoms with Crippen LogP contribution in [0.2, 0.25) is 0 Å². The number of carboxylic acids is 1. The first-order valence-corrected chi connectivity index (χ1v) is 6.64. The Morgan fingerprint density at radius 3 is 2.89 bits per heavy atom. The molecule has 4 nitrogen and oxygen atoms in total. The SMILES string of the molecule is O=C(O)c1cccc(N/N=C\c2ccc(Br)s2)c1. The van der Waals surface area contributed by atoms with Crippen LogP contribution < -0.4 is 5.43 Å². The molecule has 0 saturated carbocycles. The molecule has 0 unspecified atom stereocenters. The zero-order valence-electron chi connectivity index (χ0n) is 9.13. The Morgan fingerprint density at radius 2 is 2.22 bits per heavy atom. The van der Waals surface area contributed by atoms with Crippen LogP contribution >= 0.6 is 27.3 Å². The van der Waals surface area contributed by atoms with Crippen molar-refractivity contribution in [3.63, 3.8) is 0 Å². The van der Waals surface area contributed by atoms with Gasteiger partial charge >= 0.3 is 5.97 Å². The molecule has 0 atom stereocenters. The Morgan fingerprint density at radius 1 is 1.39 bits per heavy atom. The van der Waals surface area contributed by atoms with Crippen molar-refractivity contribution < 1.29 is 9.90 Å². The van der Waals surface area contributed by atoms with Crippen molar-refractivity contribution in [2.75, 3.05) is 5.43 Å². The highest BCUT2D eigenvalue weighted by molar-refractivity contribution is 9.11. The lowest BCUT2D eigenvalue weighted by molar-refractivity contribution is 0.0697. The van der Waals surface area contributed by atoms with Gasteiger partial charge in [-0.1, -0.05) is 6.07 Å². The lowest BCUT2D eigenvalue weighted by atomic mass is 10.2. The molecule has 0 bridgehead atoms. The molecule has 18 heavy (non-hydrogen) atoms. The van der Waals surface area contributed by atoms with E-state index in [9.17, 15) is 4.79 Å². The number of nitrogens with one attached hydrogen (secondary N) is 1. The molecular weight excluding hydrogens is 316 g/mol. The van der Waals surface area contributed by atoms with Gasteiger partial charge in [0, 0.05) is 4.88 Å². The number of hydrogen-bond donors (Lipinski definition) is 2. The van der Waals surface area contributed by atoms with Crippen LogP contribution in [0.4, 0.5) is 5.69 Å². The monoisotopic (exact) mass is 324 g/mol. The fourth-order valence-corrected chi connectivity index (χ4v) is 2.59. The molecule has 0 radical (unpaired) electrons. The second kappa shape index (κ2) is 5.79. The van der Waals surface area contributed by atoms with Crippen LogP contribution in [-0.2, 0) is 0 Å². The number of thiophene rings is 1. The molecule has 0 spiro atoms. The molecule has 6 heteroatoms. The highest BCUT2D eigenvalue weighted by atomic mass is 79.9. The summed E-state index contributed by atoms with van der Waals surface area (Å²) in [7, 11) is 0. The van der Waals surface area contributed by atoms with Gasteiger partial charge in [0.25, 0.3) is 0 Å². The van der Waals surface area contributed by atoms with Crippen molar-refractivity contribution >= 4 is 45.1 Å². The minimum atomic E-state index is -0.954.